The number of ether oxygens (including phenoxy) is 3. The summed E-state index contributed by atoms with van der Waals surface area (Å²) in [5.41, 5.74) is 0. The lowest BCUT2D eigenvalue weighted by atomic mass is 9.93. The van der Waals surface area contributed by atoms with Gasteiger partial charge in [0.2, 0.25) is 0 Å². The van der Waals surface area contributed by atoms with Gasteiger partial charge in [0.05, 0.1) is 25.7 Å². The van der Waals surface area contributed by atoms with Gasteiger partial charge in [0, 0.05) is 25.4 Å². The number of hydrogen-bond acceptors (Lipinski definition) is 7. The first-order chi connectivity index (χ1) is 28.2. The predicted octanol–water partition coefficient (Wildman–Crippen LogP) is 14.8. The number of rotatable bonds is 44. The van der Waals surface area contributed by atoms with Crippen molar-refractivity contribution in [2.45, 2.75) is 259 Å². The number of nitrogens with zero attached hydrogens (tertiary/aromatic N) is 1. The fourth-order valence-electron chi connectivity index (χ4n) is 7.99. The first kappa shape index (κ1) is 56.4. The van der Waals surface area contributed by atoms with Crippen molar-refractivity contribution in [1.29, 1.82) is 0 Å². The lowest BCUT2D eigenvalue weighted by Crippen LogP contribution is -2.28. The Bertz CT molecular complexity index is 853. The molecule has 0 aromatic heterocycles. The summed E-state index contributed by atoms with van der Waals surface area (Å²) in [4.78, 5) is 40.0. The van der Waals surface area contributed by atoms with E-state index < -0.39 is 0 Å². The Morgan fingerprint density at radius 1 is 0.414 bits per heavy atom. The molecule has 0 amide bonds. The molecule has 0 spiro atoms. The first-order valence-electron chi connectivity index (χ1n) is 25.4. The van der Waals surface area contributed by atoms with E-state index in [-0.39, 0.29) is 23.8 Å². The summed E-state index contributed by atoms with van der Waals surface area (Å²) in [6.45, 7) is 16.0. The molecule has 344 valence electrons. The molecule has 0 fully saturated rings. The highest BCUT2D eigenvalue weighted by atomic mass is 16.5. The van der Waals surface area contributed by atoms with Crippen LogP contribution in [0.5, 0.6) is 0 Å². The molecule has 0 aliphatic rings. The number of unbranched alkanes of at least 4 members (excludes halogenated alkanes) is 16. The second-order valence-electron chi connectivity index (χ2n) is 18.1. The molecule has 7 nitrogen and oxygen atoms in total. The van der Waals surface area contributed by atoms with Gasteiger partial charge in [0.25, 0.3) is 0 Å². The van der Waals surface area contributed by atoms with Crippen LogP contribution in [0, 0.1) is 17.8 Å². The molecular weight excluding hydrogens is 723 g/mol. The third-order valence-corrected chi connectivity index (χ3v) is 12.4. The highest BCUT2D eigenvalue weighted by Crippen LogP contribution is 2.23. The van der Waals surface area contributed by atoms with Crippen LogP contribution >= 0.6 is 0 Å². The third-order valence-electron chi connectivity index (χ3n) is 12.4. The highest BCUT2D eigenvalue weighted by Gasteiger charge is 2.20. The van der Waals surface area contributed by atoms with E-state index in [1.54, 1.807) is 0 Å². The van der Waals surface area contributed by atoms with Crippen molar-refractivity contribution in [3.63, 3.8) is 0 Å². The van der Waals surface area contributed by atoms with Crippen LogP contribution in [0.3, 0.4) is 0 Å². The summed E-state index contributed by atoms with van der Waals surface area (Å²) in [7, 11) is 2.12. The Kier molecular flexibility index (Phi) is 40.9. The second-order valence-corrected chi connectivity index (χ2v) is 18.1. The maximum atomic E-state index is 13.2. The van der Waals surface area contributed by atoms with E-state index in [9.17, 15) is 14.4 Å². The zero-order chi connectivity index (χ0) is 42.9. The minimum Gasteiger partial charge on any atom is -0.466 e. The lowest BCUT2D eigenvalue weighted by molar-refractivity contribution is -0.149. The molecule has 0 aromatic carbocycles. The van der Waals surface area contributed by atoms with Crippen LogP contribution in [0.1, 0.15) is 253 Å². The summed E-state index contributed by atoms with van der Waals surface area (Å²) in [5, 5.41) is 0. The fraction of sp³-hybridized carbons (Fsp3) is 0.941. The second kappa shape index (κ2) is 42.1. The lowest BCUT2D eigenvalue weighted by Gasteiger charge is -2.21. The van der Waals surface area contributed by atoms with Crippen LogP contribution in [-0.2, 0) is 28.6 Å². The summed E-state index contributed by atoms with van der Waals surface area (Å²) < 4.78 is 17.0. The zero-order valence-electron chi connectivity index (χ0n) is 39.9. The van der Waals surface area contributed by atoms with Gasteiger partial charge >= 0.3 is 17.9 Å². The maximum absolute atomic E-state index is 13.2. The maximum Gasteiger partial charge on any atom is 0.308 e. The predicted molar refractivity (Wildman–Crippen MR) is 246 cm³/mol. The van der Waals surface area contributed by atoms with Crippen molar-refractivity contribution < 1.29 is 28.6 Å². The van der Waals surface area contributed by atoms with Crippen molar-refractivity contribution >= 4 is 17.9 Å². The smallest absolute Gasteiger partial charge is 0.308 e. The van der Waals surface area contributed by atoms with Gasteiger partial charge in [-0.05, 0) is 77.7 Å². The Balaban J connectivity index is 4.30. The molecule has 0 N–H and O–H groups in total. The molecule has 0 saturated heterocycles. The van der Waals surface area contributed by atoms with Gasteiger partial charge in [-0.25, -0.2) is 0 Å². The van der Waals surface area contributed by atoms with Crippen LogP contribution in [0.2, 0.25) is 0 Å². The van der Waals surface area contributed by atoms with E-state index in [1.807, 2.05) is 0 Å². The van der Waals surface area contributed by atoms with E-state index in [4.69, 9.17) is 14.2 Å². The van der Waals surface area contributed by atoms with E-state index in [1.165, 1.54) is 103 Å². The molecule has 0 saturated carbocycles. The Hall–Kier alpha value is -1.63. The third kappa shape index (κ3) is 36.2. The fourth-order valence-corrected chi connectivity index (χ4v) is 7.99. The molecule has 0 atom stereocenters. The molecule has 0 bridgehead atoms. The molecule has 0 rings (SSSR count). The van der Waals surface area contributed by atoms with Crippen LogP contribution < -0.4 is 0 Å². The summed E-state index contributed by atoms with van der Waals surface area (Å²) >= 11 is 0. The molecule has 0 aliphatic heterocycles. The molecule has 0 unspecified atom stereocenters. The Labute approximate surface area is 361 Å². The van der Waals surface area contributed by atoms with Gasteiger partial charge < -0.3 is 19.1 Å². The topological polar surface area (TPSA) is 82.1 Å². The quantitative estimate of drug-likeness (QED) is 0.0344. The standard InChI is InChI=1S/C51H99NO6/c1-8-12-31-46(32-13-9-2)39-43-56-49(53)37-28-24-20-16-18-22-26-35-48(51(55)58-42-30-41-52(7)45(5)6)36-27-23-19-17-21-25-29-38-50(54)57-44-40-47(33-14-10-3)34-15-11-4/h45-48H,8-44H2,1-7H3. The SMILES string of the molecule is CCCCC(CCCC)CCOC(=O)CCCCCCCCCC(CCCCCCCCCC(=O)OCCC(CCCC)CCCC)C(=O)OCCCN(C)C(C)C. The Morgan fingerprint density at radius 3 is 1.14 bits per heavy atom. The van der Waals surface area contributed by atoms with E-state index in [2.05, 4.69) is 53.5 Å². The summed E-state index contributed by atoms with van der Waals surface area (Å²) in [6.07, 6.45) is 36.4. The molecular formula is C51H99NO6. The Morgan fingerprint density at radius 2 is 0.776 bits per heavy atom. The monoisotopic (exact) mass is 822 g/mol. The zero-order valence-corrected chi connectivity index (χ0v) is 39.9. The summed E-state index contributed by atoms with van der Waals surface area (Å²) in [5.74, 6) is 1.35. The van der Waals surface area contributed by atoms with Crippen molar-refractivity contribution in [3.05, 3.63) is 0 Å². The number of carbonyl (C=O) groups excluding carboxylic acids is 3. The number of esters is 3. The highest BCUT2D eigenvalue weighted by molar-refractivity contribution is 5.72. The van der Waals surface area contributed by atoms with Crippen LogP contribution in [0.25, 0.3) is 0 Å². The van der Waals surface area contributed by atoms with Crippen LogP contribution in [0.4, 0.5) is 0 Å². The van der Waals surface area contributed by atoms with Gasteiger partial charge in [-0.2, -0.15) is 0 Å². The van der Waals surface area contributed by atoms with Crippen LogP contribution in [-0.4, -0.2) is 62.3 Å². The average Bonchev–Trinajstić information content (AvgIpc) is 3.21. The largest absolute Gasteiger partial charge is 0.466 e. The van der Waals surface area contributed by atoms with E-state index in [0.717, 1.165) is 103 Å². The van der Waals surface area contributed by atoms with E-state index in [0.29, 0.717) is 50.5 Å². The van der Waals surface area contributed by atoms with Crippen molar-refractivity contribution in [2.75, 3.05) is 33.4 Å². The van der Waals surface area contributed by atoms with Crippen molar-refractivity contribution in [2.24, 2.45) is 17.8 Å². The van der Waals surface area contributed by atoms with Crippen LogP contribution in [0.15, 0.2) is 0 Å². The molecule has 0 aromatic rings. The van der Waals surface area contributed by atoms with Gasteiger partial charge in [-0.3, -0.25) is 14.4 Å². The van der Waals surface area contributed by atoms with Gasteiger partial charge in [-0.1, -0.05) is 182 Å². The molecule has 0 aliphatic carbocycles. The first-order valence-corrected chi connectivity index (χ1v) is 25.4. The minimum atomic E-state index is -0.0252. The van der Waals surface area contributed by atoms with Gasteiger partial charge in [0.15, 0.2) is 0 Å². The van der Waals surface area contributed by atoms with Gasteiger partial charge in [-0.15, -0.1) is 0 Å². The molecule has 0 radical (unpaired) electrons. The molecule has 58 heavy (non-hydrogen) atoms. The molecule has 7 heteroatoms. The number of hydrogen-bond donors (Lipinski definition) is 0. The minimum absolute atomic E-state index is 0.000788. The van der Waals surface area contributed by atoms with E-state index >= 15 is 0 Å². The normalized spacial score (nSPS) is 11.8. The summed E-state index contributed by atoms with van der Waals surface area (Å²) in [6, 6.07) is 0.494. The number of carbonyl (C=O) groups is 3. The van der Waals surface area contributed by atoms with Gasteiger partial charge in [0.1, 0.15) is 0 Å². The molecule has 0 heterocycles. The van der Waals surface area contributed by atoms with Crippen molar-refractivity contribution in [1.82, 2.24) is 4.90 Å². The van der Waals surface area contributed by atoms with Crippen molar-refractivity contribution in [3.8, 4) is 0 Å². The average molecular weight is 822 g/mol.